The number of hydrogen-bond acceptors (Lipinski definition) is 4. The maximum absolute atomic E-state index is 13.0. The Morgan fingerprint density at radius 1 is 1.11 bits per heavy atom. The van der Waals surface area contributed by atoms with Crippen molar-refractivity contribution in [2.45, 2.75) is 32.6 Å². The second-order valence-electron chi connectivity index (χ2n) is 6.40. The highest BCUT2D eigenvalue weighted by molar-refractivity contribution is 5.92. The first-order chi connectivity index (χ1) is 13.2. The number of amides is 1. The third-order valence-electron chi connectivity index (χ3n) is 3.81. The van der Waals surface area contributed by atoms with E-state index in [9.17, 15) is 18.0 Å². The van der Waals surface area contributed by atoms with E-state index in [-0.39, 0.29) is 5.69 Å². The Labute approximate surface area is 161 Å². The first-order valence-electron chi connectivity index (χ1n) is 8.70. The molecule has 0 saturated heterocycles. The van der Waals surface area contributed by atoms with E-state index in [4.69, 9.17) is 9.47 Å². The van der Waals surface area contributed by atoms with Gasteiger partial charge in [-0.05, 0) is 29.8 Å². The lowest BCUT2D eigenvalue weighted by atomic mass is 10.1. The number of para-hydroxylation sites is 1. The minimum atomic E-state index is -4.56. The van der Waals surface area contributed by atoms with Gasteiger partial charge in [0.2, 0.25) is 0 Å². The van der Waals surface area contributed by atoms with Crippen LogP contribution in [0.4, 0.5) is 18.9 Å². The number of hydrogen-bond donors (Lipinski definition) is 2. The lowest BCUT2D eigenvalue weighted by molar-refractivity contribution is -0.137. The summed E-state index contributed by atoms with van der Waals surface area (Å²) in [7, 11) is 1.47. The van der Waals surface area contributed by atoms with E-state index in [0.717, 1.165) is 11.6 Å². The first kappa shape index (κ1) is 21.6. The van der Waals surface area contributed by atoms with Crippen LogP contribution < -0.4 is 20.1 Å². The summed E-state index contributed by atoms with van der Waals surface area (Å²) in [5.74, 6) is 0.0610. The SMILES string of the molecule is COc1cc(CNC(C)C)ccc1OCC(=O)Nc1ccccc1C(F)(F)F. The highest BCUT2D eigenvalue weighted by Crippen LogP contribution is 2.34. The molecule has 0 radical (unpaired) electrons. The quantitative estimate of drug-likeness (QED) is 0.701. The van der Waals surface area contributed by atoms with Gasteiger partial charge in [0, 0.05) is 12.6 Å². The number of alkyl halides is 3. The molecule has 0 aliphatic carbocycles. The lowest BCUT2D eigenvalue weighted by Crippen LogP contribution is -2.23. The zero-order chi connectivity index (χ0) is 20.7. The second kappa shape index (κ2) is 9.45. The van der Waals surface area contributed by atoms with Gasteiger partial charge in [0.15, 0.2) is 18.1 Å². The number of ether oxygens (including phenoxy) is 2. The molecule has 0 saturated carbocycles. The maximum atomic E-state index is 13.0. The van der Waals surface area contributed by atoms with E-state index in [1.165, 1.54) is 25.3 Å². The molecule has 152 valence electrons. The molecule has 2 N–H and O–H groups in total. The molecule has 0 unspecified atom stereocenters. The number of methoxy groups -OCH3 is 1. The lowest BCUT2D eigenvalue weighted by Gasteiger charge is -2.15. The van der Waals surface area contributed by atoms with Gasteiger partial charge in [0.1, 0.15) is 0 Å². The van der Waals surface area contributed by atoms with E-state index in [1.807, 2.05) is 19.9 Å². The van der Waals surface area contributed by atoms with Crippen molar-refractivity contribution >= 4 is 11.6 Å². The van der Waals surface area contributed by atoms with Gasteiger partial charge < -0.3 is 20.1 Å². The first-order valence-corrected chi connectivity index (χ1v) is 8.70. The van der Waals surface area contributed by atoms with Crippen LogP contribution in [0.3, 0.4) is 0 Å². The molecule has 1 amide bonds. The molecule has 5 nitrogen and oxygen atoms in total. The largest absolute Gasteiger partial charge is 0.493 e. The molecular weight excluding hydrogens is 373 g/mol. The zero-order valence-electron chi connectivity index (χ0n) is 15.9. The fourth-order valence-corrected chi connectivity index (χ4v) is 2.43. The summed E-state index contributed by atoms with van der Waals surface area (Å²) in [6.45, 7) is 4.25. The molecule has 0 bridgehead atoms. The van der Waals surface area contributed by atoms with Crippen LogP contribution in [0.15, 0.2) is 42.5 Å². The molecule has 8 heteroatoms. The molecule has 2 aromatic carbocycles. The Kier molecular flexibility index (Phi) is 7.28. The summed E-state index contributed by atoms with van der Waals surface area (Å²) in [6, 6.07) is 10.4. The summed E-state index contributed by atoms with van der Waals surface area (Å²) in [5.41, 5.74) is -0.255. The summed E-state index contributed by atoms with van der Waals surface area (Å²) in [6.07, 6.45) is -4.56. The molecule has 0 aromatic heterocycles. The van der Waals surface area contributed by atoms with Crippen molar-refractivity contribution in [3.8, 4) is 11.5 Å². The topological polar surface area (TPSA) is 59.6 Å². The third kappa shape index (κ3) is 6.16. The highest BCUT2D eigenvalue weighted by Gasteiger charge is 2.33. The van der Waals surface area contributed by atoms with Crippen molar-refractivity contribution in [3.63, 3.8) is 0 Å². The van der Waals surface area contributed by atoms with Crippen LogP contribution in [-0.2, 0) is 17.5 Å². The number of benzene rings is 2. The van der Waals surface area contributed by atoms with E-state index < -0.39 is 24.3 Å². The Balaban J connectivity index is 2.01. The molecule has 28 heavy (non-hydrogen) atoms. The zero-order valence-corrected chi connectivity index (χ0v) is 15.9. The van der Waals surface area contributed by atoms with Crippen LogP contribution in [0.2, 0.25) is 0 Å². The van der Waals surface area contributed by atoms with Crippen molar-refractivity contribution in [1.82, 2.24) is 5.32 Å². The summed E-state index contributed by atoms with van der Waals surface area (Å²) in [5, 5.41) is 5.51. The summed E-state index contributed by atoms with van der Waals surface area (Å²) in [4.78, 5) is 12.1. The molecule has 0 atom stereocenters. The van der Waals surface area contributed by atoms with Crippen LogP contribution in [0.25, 0.3) is 0 Å². The number of nitrogens with one attached hydrogen (secondary N) is 2. The van der Waals surface area contributed by atoms with Crippen LogP contribution in [-0.4, -0.2) is 25.7 Å². The van der Waals surface area contributed by atoms with Gasteiger partial charge >= 0.3 is 6.18 Å². The Bertz CT molecular complexity index is 808. The second-order valence-corrected chi connectivity index (χ2v) is 6.40. The summed E-state index contributed by atoms with van der Waals surface area (Å²) < 4.78 is 49.7. The van der Waals surface area contributed by atoms with Gasteiger partial charge in [-0.25, -0.2) is 0 Å². The smallest absolute Gasteiger partial charge is 0.418 e. The predicted octanol–water partition coefficient (Wildman–Crippen LogP) is 4.23. The molecule has 2 aromatic rings. The number of rotatable bonds is 8. The fourth-order valence-electron chi connectivity index (χ4n) is 2.43. The molecule has 0 heterocycles. The Hall–Kier alpha value is -2.74. The molecule has 0 fully saturated rings. The van der Waals surface area contributed by atoms with Crippen molar-refractivity contribution < 1.29 is 27.4 Å². The van der Waals surface area contributed by atoms with Gasteiger partial charge in [0.25, 0.3) is 5.91 Å². The van der Waals surface area contributed by atoms with Crippen molar-refractivity contribution in [2.75, 3.05) is 19.0 Å². The average molecular weight is 396 g/mol. The van der Waals surface area contributed by atoms with E-state index in [2.05, 4.69) is 10.6 Å². The number of anilines is 1. The standard InChI is InChI=1S/C20H23F3N2O3/c1-13(2)24-11-14-8-9-17(18(10-14)27-3)28-12-19(26)25-16-7-5-4-6-15(16)20(21,22)23/h4-10,13,24H,11-12H2,1-3H3,(H,25,26). The Morgan fingerprint density at radius 3 is 2.46 bits per heavy atom. The minimum Gasteiger partial charge on any atom is -0.493 e. The fraction of sp³-hybridized carbons (Fsp3) is 0.350. The number of halogens is 3. The molecule has 0 spiro atoms. The third-order valence-corrected chi connectivity index (χ3v) is 3.81. The van der Waals surface area contributed by atoms with E-state index in [1.54, 1.807) is 12.1 Å². The van der Waals surface area contributed by atoms with Crippen LogP contribution in [0.1, 0.15) is 25.0 Å². The van der Waals surface area contributed by atoms with Crippen LogP contribution >= 0.6 is 0 Å². The van der Waals surface area contributed by atoms with Gasteiger partial charge in [0.05, 0.1) is 18.4 Å². The van der Waals surface area contributed by atoms with Crippen molar-refractivity contribution in [1.29, 1.82) is 0 Å². The van der Waals surface area contributed by atoms with Gasteiger partial charge in [-0.3, -0.25) is 4.79 Å². The molecule has 0 aliphatic rings. The van der Waals surface area contributed by atoms with Crippen molar-refractivity contribution in [2.24, 2.45) is 0 Å². The highest BCUT2D eigenvalue weighted by atomic mass is 19.4. The van der Waals surface area contributed by atoms with Crippen LogP contribution in [0, 0.1) is 0 Å². The van der Waals surface area contributed by atoms with Crippen molar-refractivity contribution in [3.05, 3.63) is 53.6 Å². The predicted molar refractivity (Wildman–Crippen MR) is 101 cm³/mol. The summed E-state index contributed by atoms with van der Waals surface area (Å²) >= 11 is 0. The van der Waals surface area contributed by atoms with Gasteiger partial charge in [-0.2, -0.15) is 13.2 Å². The van der Waals surface area contributed by atoms with Crippen LogP contribution in [0.5, 0.6) is 11.5 Å². The number of carbonyl (C=O) groups is 1. The van der Waals surface area contributed by atoms with Gasteiger partial charge in [-0.15, -0.1) is 0 Å². The molecule has 0 aliphatic heterocycles. The normalized spacial score (nSPS) is 11.4. The monoisotopic (exact) mass is 396 g/mol. The molecular formula is C20H23F3N2O3. The van der Waals surface area contributed by atoms with Gasteiger partial charge in [-0.1, -0.05) is 32.0 Å². The van der Waals surface area contributed by atoms with E-state index in [0.29, 0.717) is 24.1 Å². The minimum absolute atomic E-state index is 0.314. The average Bonchev–Trinajstić information content (AvgIpc) is 2.64. The molecule has 2 rings (SSSR count). The van der Waals surface area contributed by atoms with E-state index >= 15 is 0 Å². The number of carbonyl (C=O) groups excluding carboxylic acids is 1. The Morgan fingerprint density at radius 2 is 1.82 bits per heavy atom. The maximum Gasteiger partial charge on any atom is 0.418 e.